The SMILES string of the molecule is CC(C)C1NCCc2c(N)n[nH]c21. The molecule has 1 aliphatic heterocycles. The van der Waals surface area contributed by atoms with E-state index in [1.165, 1.54) is 11.3 Å². The number of rotatable bonds is 1. The molecular weight excluding hydrogens is 164 g/mol. The average Bonchev–Trinajstić information content (AvgIpc) is 2.48. The number of nitrogen functional groups attached to an aromatic ring is 1. The van der Waals surface area contributed by atoms with Gasteiger partial charge in [-0.1, -0.05) is 13.8 Å². The summed E-state index contributed by atoms with van der Waals surface area (Å²) in [4.78, 5) is 0. The molecule has 0 spiro atoms. The van der Waals surface area contributed by atoms with E-state index in [1.807, 2.05) is 0 Å². The minimum atomic E-state index is 0.383. The highest BCUT2D eigenvalue weighted by Crippen LogP contribution is 2.29. The van der Waals surface area contributed by atoms with Crippen molar-refractivity contribution in [3.63, 3.8) is 0 Å². The number of fused-ring (bicyclic) bond motifs is 1. The number of aromatic amines is 1. The molecule has 72 valence electrons. The molecule has 0 radical (unpaired) electrons. The van der Waals surface area contributed by atoms with E-state index < -0.39 is 0 Å². The highest BCUT2D eigenvalue weighted by molar-refractivity contribution is 5.44. The van der Waals surface area contributed by atoms with Crippen LogP contribution in [0.5, 0.6) is 0 Å². The van der Waals surface area contributed by atoms with Crippen LogP contribution in [0.1, 0.15) is 31.1 Å². The van der Waals surface area contributed by atoms with Gasteiger partial charge < -0.3 is 11.1 Å². The maximum Gasteiger partial charge on any atom is 0.148 e. The Bertz CT molecular complexity index is 303. The van der Waals surface area contributed by atoms with Crippen LogP contribution in [0, 0.1) is 5.92 Å². The fourth-order valence-electron chi connectivity index (χ4n) is 1.94. The van der Waals surface area contributed by atoms with Gasteiger partial charge in [-0.25, -0.2) is 0 Å². The van der Waals surface area contributed by atoms with E-state index in [1.54, 1.807) is 0 Å². The number of hydrogen-bond donors (Lipinski definition) is 3. The molecule has 0 saturated carbocycles. The molecule has 2 heterocycles. The first-order valence-corrected chi connectivity index (χ1v) is 4.76. The van der Waals surface area contributed by atoms with Crippen LogP contribution in [-0.2, 0) is 6.42 Å². The molecular formula is C9H16N4. The van der Waals surface area contributed by atoms with Gasteiger partial charge in [0.25, 0.3) is 0 Å². The Morgan fingerprint density at radius 3 is 3.00 bits per heavy atom. The van der Waals surface area contributed by atoms with Crippen molar-refractivity contribution in [2.75, 3.05) is 12.3 Å². The second-order valence-corrected chi connectivity index (χ2v) is 3.93. The van der Waals surface area contributed by atoms with Crippen LogP contribution in [0.3, 0.4) is 0 Å². The van der Waals surface area contributed by atoms with Crippen molar-refractivity contribution in [1.29, 1.82) is 0 Å². The lowest BCUT2D eigenvalue weighted by molar-refractivity contribution is 0.387. The van der Waals surface area contributed by atoms with Gasteiger partial charge >= 0.3 is 0 Å². The Morgan fingerprint density at radius 2 is 2.31 bits per heavy atom. The van der Waals surface area contributed by atoms with Crippen molar-refractivity contribution in [2.45, 2.75) is 26.3 Å². The monoisotopic (exact) mass is 180 g/mol. The molecule has 4 N–H and O–H groups in total. The topological polar surface area (TPSA) is 66.7 Å². The average molecular weight is 180 g/mol. The maximum atomic E-state index is 5.75. The van der Waals surface area contributed by atoms with Crippen molar-refractivity contribution in [2.24, 2.45) is 5.92 Å². The lowest BCUT2D eigenvalue weighted by atomic mass is 9.93. The Balaban J connectivity index is 2.38. The summed E-state index contributed by atoms with van der Waals surface area (Å²) in [5, 5.41) is 10.5. The Hall–Kier alpha value is -1.03. The summed E-state index contributed by atoms with van der Waals surface area (Å²) in [5.74, 6) is 1.24. The van der Waals surface area contributed by atoms with Gasteiger partial charge in [0.2, 0.25) is 0 Å². The third-order valence-corrected chi connectivity index (χ3v) is 2.65. The summed E-state index contributed by atoms with van der Waals surface area (Å²) < 4.78 is 0. The number of aromatic nitrogens is 2. The molecule has 0 aromatic carbocycles. The summed E-state index contributed by atoms with van der Waals surface area (Å²) in [6.45, 7) is 5.40. The minimum absolute atomic E-state index is 0.383. The van der Waals surface area contributed by atoms with Gasteiger partial charge in [-0.2, -0.15) is 5.10 Å². The van der Waals surface area contributed by atoms with Gasteiger partial charge in [0, 0.05) is 12.1 Å². The van der Waals surface area contributed by atoms with E-state index in [0.717, 1.165) is 13.0 Å². The number of H-pyrrole nitrogens is 1. The zero-order valence-electron chi connectivity index (χ0n) is 8.09. The van der Waals surface area contributed by atoms with Crippen LogP contribution >= 0.6 is 0 Å². The maximum absolute atomic E-state index is 5.75. The number of hydrogen-bond acceptors (Lipinski definition) is 3. The van der Waals surface area contributed by atoms with Crippen LogP contribution in [0.25, 0.3) is 0 Å². The van der Waals surface area contributed by atoms with Crippen LogP contribution < -0.4 is 11.1 Å². The molecule has 0 bridgehead atoms. The van der Waals surface area contributed by atoms with Crippen molar-refractivity contribution >= 4 is 5.82 Å². The van der Waals surface area contributed by atoms with Crippen LogP contribution in [0.2, 0.25) is 0 Å². The van der Waals surface area contributed by atoms with Crippen molar-refractivity contribution in [1.82, 2.24) is 15.5 Å². The highest BCUT2D eigenvalue weighted by atomic mass is 15.2. The summed E-state index contributed by atoms with van der Waals surface area (Å²) in [7, 11) is 0. The first kappa shape index (κ1) is 8.56. The Labute approximate surface area is 77.9 Å². The van der Waals surface area contributed by atoms with Crippen LogP contribution in [0.15, 0.2) is 0 Å². The molecule has 4 nitrogen and oxygen atoms in total. The fraction of sp³-hybridized carbons (Fsp3) is 0.667. The largest absolute Gasteiger partial charge is 0.382 e. The van der Waals surface area contributed by atoms with E-state index in [0.29, 0.717) is 17.8 Å². The fourth-order valence-corrected chi connectivity index (χ4v) is 1.94. The predicted octanol–water partition coefficient (Wildman–Crippen LogP) is 0.835. The lowest BCUT2D eigenvalue weighted by Crippen LogP contribution is -2.33. The summed E-state index contributed by atoms with van der Waals surface area (Å²) in [5.41, 5.74) is 8.14. The molecule has 1 atom stereocenters. The third-order valence-electron chi connectivity index (χ3n) is 2.65. The molecule has 0 amide bonds. The predicted molar refractivity (Wildman–Crippen MR) is 52.3 cm³/mol. The first-order chi connectivity index (χ1) is 6.20. The molecule has 1 aliphatic rings. The quantitative estimate of drug-likeness (QED) is 0.600. The minimum Gasteiger partial charge on any atom is -0.382 e. The number of nitrogens with two attached hydrogens (primary N) is 1. The van der Waals surface area contributed by atoms with Gasteiger partial charge in [-0.15, -0.1) is 0 Å². The molecule has 4 heteroatoms. The molecule has 0 fully saturated rings. The standard InChI is InChI=1S/C9H16N4/c1-5(2)7-8-6(3-4-11-7)9(10)13-12-8/h5,7,11H,3-4H2,1-2H3,(H3,10,12,13). The highest BCUT2D eigenvalue weighted by Gasteiger charge is 2.25. The summed E-state index contributed by atoms with van der Waals surface area (Å²) in [6.07, 6.45) is 0.987. The number of anilines is 1. The van der Waals surface area contributed by atoms with Gasteiger partial charge in [-0.05, 0) is 12.3 Å². The molecule has 0 aliphatic carbocycles. The number of nitrogens with one attached hydrogen (secondary N) is 2. The number of nitrogens with zero attached hydrogens (tertiary/aromatic N) is 1. The molecule has 1 aromatic heterocycles. The van der Waals surface area contributed by atoms with Crippen LogP contribution in [0.4, 0.5) is 5.82 Å². The zero-order chi connectivity index (χ0) is 9.42. The molecule has 13 heavy (non-hydrogen) atoms. The summed E-state index contributed by atoms with van der Waals surface area (Å²) >= 11 is 0. The van der Waals surface area contributed by atoms with Gasteiger partial charge in [-0.3, -0.25) is 5.10 Å². The molecule has 1 aromatic rings. The van der Waals surface area contributed by atoms with E-state index in [-0.39, 0.29) is 0 Å². The zero-order valence-corrected chi connectivity index (χ0v) is 8.09. The Kier molecular flexibility index (Phi) is 2.00. The molecule has 0 saturated heterocycles. The van der Waals surface area contributed by atoms with E-state index in [9.17, 15) is 0 Å². The lowest BCUT2D eigenvalue weighted by Gasteiger charge is -2.26. The molecule has 1 unspecified atom stereocenters. The first-order valence-electron chi connectivity index (χ1n) is 4.76. The van der Waals surface area contributed by atoms with E-state index >= 15 is 0 Å². The van der Waals surface area contributed by atoms with Crippen molar-refractivity contribution in [3.05, 3.63) is 11.3 Å². The van der Waals surface area contributed by atoms with E-state index in [2.05, 4.69) is 29.4 Å². The van der Waals surface area contributed by atoms with Crippen LogP contribution in [-0.4, -0.2) is 16.7 Å². The molecule has 2 rings (SSSR count). The summed E-state index contributed by atoms with van der Waals surface area (Å²) in [6, 6.07) is 0.383. The van der Waals surface area contributed by atoms with Crippen molar-refractivity contribution < 1.29 is 0 Å². The van der Waals surface area contributed by atoms with Gasteiger partial charge in [0.1, 0.15) is 5.82 Å². The second kappa shape index (κ2) is 3.03. The third kappa shape index (κ3) is 1.31. The normalized spacial score (nSPS) is 21.9. The van der Waals surface area contributed by atoms with Gasteiger partial charge in [0.05, 0.1) is 11.7 Å². The second-order valence-electron chi connectivity index (χ2n) is 3.93. The van der Waals surface area contributed by atoms with E-state index in [4.69, 9.17) is 5.73 Å². The smallest absolute Gasteiger partial charge is 0.148 e. The Morgan fingerprint density at radius 1 is 1.54 bits per heavy atom. The van der Waals surface area contributed by atoms with Crippen molar-refractivity contribution in [3.8, 4) is 0 Å². The van der Waals surface area contributed by atoms with Gasteiger partial charge in [0.15, 0.2) is 0 Å².